The maximum absolute atomic E-state index is 13.0. The number of halogens is 1. The molecule has 0 unspecified atom stereocenters. The summed E-state index contributed by atoms with van der Waals surface area (Å²) in [5.41, 5.74) is 3.12. The molecule has 6 nitrogen and oxygen atoms in total. The van der Waals surface area contributed by atoms with E-state index in [-0.39, 0.29) is 5.82 Å². The van der Waals surface area contributed by atoms with E-state index in [2.05, 4.69) is 32.1 Å². The average Bonchev–Trinajstić information content (AvgIpc) is 3.06. The molecule has 3 heterocycles. The minimum atomic E-state index is -0.300. The lowest BCUT2D eigenvalue weighted by atomic mass is 10.2. The summed E-state index contributed by atoms with van der Waals surface area (Å²) >= 11 is 0. The summed E-state index contributed by atoms with van der Waals surface area (Å²) in [6, 6.07) is 11.4. The Labute approximate surface area is 169 Å². The highest BCUT2D eigenvalue weighted by molar-refractivity contribution is 5.38. The quantitative estimate of drug-likeness (QED) is 0.633. The zero-order valence-electron chi connectivity index (χ0n) is 16.8. The highest BCUT2D eigenvalue weighted by Gasteiger charge is 2.18. The Kier molecular flexibility index (Phi) is 5.76. The Hall–Kier alpha value is -2.93. The molecule has 0 atom stereocenters. The Balaban J connectivity index is 1.26. The molecule has 0 bridgehead atoms. The number of hydrogen-bond acceptors (Lipinski definition) is 6. The predicted molar refractivity (Wildman–Crippen MR) is 108 cm³/mol. The third kappa shape index (κ3) is 4.74. The molecular formula is C22H25FN4O2. The average molecular weight is 396 g/mol. The van der Waals surface area contributed by atoms with Crippen molar-refractivity contribution in [1.29, 1.82) is 0 Å². The molecule has 0 saturated carbocycles. The standard InChI is InChI=1S/C22H25FN4O2/c1-16-21(17(2)29-25-16)15-28-20-6-3-18(4-7-20)14-26-9-11-27(12-10-26)22-8-5-19(23)13-24-22/h3-8,13H,9-12,14-15H2,1-2H3. The van der Waals surface area contributed by atoms with Crippen LogP contribution in [0.2, 0.25) is 0 Å². The Morgan fingerprint density at radius 1 is 1.03 bits per heavy atom. The fraction of sp³-hybridized carbons (Fsp3) is 0.364. The molecule has 0 spiro atoms. The van der Waals surface area contributed by atoms with E-state index in [4.69, 9.17) is 9.26 Å². The van der Waals surface area contributed by atoms with Crippen molar-refractivity contribution < 1.29 is 13.7 Å². The summed E-state index contributed by atoms with van der Waals surface area (Å²) < 4.78 is 24.1. The van der Waals surface area contributed by atoms with E-state index >= 15 is 0 Å². The van der Waals surface area contributed by atoms with Crippen LogP contribution in [0.3, 0.4) is 0 Å². The maximum Gasteiger partial charge on any atom is 0.141 e. The maximum atomic E-state index is 13.0. The van der Waals surface area contributed by atoms with Gasteiger partial charge >= 0.3 is 0 Å². The van der Waals surface area contributed by atoms with Crippen LogP contribution >= 0.6 is 0 Å². The molecule has 1 fully saturated rings. The first-order valence-corrected chi connectivity index (χ1v) is 9.81. The van der Waals surface area contributed by atoms with Crippen LogP contribution in [-0.2, 0) is 13.2 Å². The second-order valence-electron chi connectivity index (χ2n) is 7.33. The van der Waals surface area contributed by atoms with Crippen molar-refractivity contribution in [3.63, 3.8) is 0 Å². The molecule has 7 heteroatoms. The first kappa shape index (κ1) is 19.4. The molecule has 1 aromatic carbocycles. The molecule has 2 aromatic heterocycles. The van der Waals surface area contributed by atoms with Gasteiger partial charge in [-0.3, -0.25) is 4.90 Å². The molecule has 1 aliphatic rings. The Morgan fingerprint density at radius 3 is 2.41 bits per heavy atom. The molecule has 3 aromatic rings. The summed E-state index contributed by atoms with van der Waals surface area (Å²) in [6.07, 6.45) is 1.27. The molecule has 0 aliphatic carbocycles. The third-order valence-electron chi connectivity index (χ3n) is 5.30. The van der Waals surface area contributed by atoms with Crippen molar-refractivity contribution in [3.8, 4) is 5.75 Å². The highest BCUT2D eigenvalue weighted by Crippen LogP contribution is 2.19. The van der Waals surface area contributed by atoms with Crippen molar-refractivity contribution in [2.24, 2.45) is 0 Å². The number of nitrogens with zero attached hydrogens (tertiary/aromatic N) is 4. The van der Waals surface area contributed by atoms with Gasteiger partial charge in [0.25, 0.3) is 0 Å². The van der Waals surface area contributed by atoms with Crippen molar-refractivity contribution in [2.45, 2.75) is 27.0 Å². The van der Waals surface area contributed by atoms with Crippen LogP contribution in [0, 0.1) is 19.7 Å². The van der Waals surface area contributed by atoms with E-state index in [0.717, 1.165) is 61.3 Å². The van der Waals surface area contributed by atoms with E-state index in [1.807, 2.05) is 26.0 Å². The van der Waals surface area contributed by atoms with Crippen molar-refractivity contribution >= 4 is 5.82 Å². The smallest absolute Gasteiger partial charge is 0.141 e. The molecule has 29 heavy (non-hydrogen) atoms. The second-order valence-corrected chi connectivity index (χ2v) is 7.33. The molecule has 1 aliphatic heterocycles. The number of pyridine rings is 1. The lowest BCUT2D eigenvalue weighted by Gasteiger charge is -2.35. The number of rotatable bonds is 6. The zero-order valence-corrected chi connectivity index (χ0v) is 16.8. The number of aryl methyl sites for hydroxylation is 2. The van der Waals surface area contributed by atoms with Gasteiger partial charge in [0.15, 0.2) is 0 Å². The van der Waals surface area contributed by atoms with Crippen LogP contribution in [0.25, 0.3) is 0 Å². The van der Waals surface area contributed by atoms with Crippen molar-refractivity contribution in [2.75, 3.05) is 31.1 Å². The lowest BCUT2D eigenvalue weighted by molar-refractivity contribution is 0.249. The molecule has 0 radical (unpaired) electrons. The first-order chi connectivity index (χ1) is 14.1. The van der Waals surface area contributed by atoms with Crippen LogP contribution in [-0.4, -0.2) is 41.2 Å². The molecule has 0 N–H and O–H groups in total. The third-order valence-corrected chi connectivity index (χ3v) is 5.30. The van der Waals surface area contributed by atoms with Crippen molar-refractivity contribution in [3.05, 3.63) is 71.0 Å². The molecule has 1 saturated heterocycles. The molecule has 4 rings (SSSR count). The SMILES string of the molecule is Cc1noc(C)c1COc1ccc(CN2CCN(c3ccc(F)cn3)CC2)cc1. The molecule has 152 valence electrons. The Morgan fingerprint density at radius 2 is 1.79 bits per heavy atom. The highest BCUT2D eigenvalue weighted by atomic mass is 19.1. The fourth-order valence-electron chi connectivity index (χ4n) is 3.50. The number of ether oxygens (including phenoxy) is 1. The van der Waals surface area contributed by atoms with Crippen LogP contribution in [0.1, 0.15) is 22.6 Å². The van der Waals surface area contributed by atoms with E-state index in [1.165, 1.54) is 17.8 Å². The van der Waals surface area contributed by atoms with Gasteiger partial charge in [-0.15, -0.1) is 0 Å². The summed E-state index contributed by atoms with van der Waals surface area (Å²) in [4.78, 5) is 8.79. The van der Waals surface area contributed by atoms with E-state index in [1.54, 1.807) is 6.07 Å². The van der Waals surface area contributed by atoms with Gasteiger partial charge < -0.3 is 14.2 Å². The van der Waals surface area contributed by atoms with Gasteiger partial charge in [0.1, 0.15) is 29.8 Å². The lowest BCUT2D eigenvalue weighted by Crippen LogP contribution is -2.46. The number of anilines is 1. The minimum Gasteiger partial charge on any atom is -0.489 e. The second kappa shape index (κ2) is 8.61. The normalized spacial score (nSPS) is 14.9. The summed E-state index contributed by atoms with van der Waals surface area (Å²) in [5.74, 6) is 2.17. The van der Waals surface area contributed by atoms with Gasteiger partial charge in [-0.1, -0.05) is 17.3 Å². The zero-order chi connectivity index (χ0) is 20.2. The van der Waals surface area contributed by atoms with Crippen LogP contribution < -0.4 is 9.64 Å². The minimum absolute atomic E-state index is 0.300. The number of hydrogen-bond donors (Lipinski definition) is 0. The summed E-state index contributed by atoms with van der Waals surface area (Å²) in [5, 5.41) is 3.95. The van der Waals surface area contributed by atoms with Gasteiger partial charge in [-0.2, -0.15) is 0 Å². The van der Waals surface area contributed by atoms with Gasteiger partial charge in [0, 0.05) is 32.7 Å². The fourth-order valence-corrected chi connectivity index (χ4v) is 3.50. The van der Waals surface area contributed by atoms with Gasteiger partial charge in [-0.05, 0) is 43.7 Å². The van der Waals surface area contributed by atoms with Crippen LogP contribution in [0.15, 0.2) is 47.1 Å². The topological polar surface area (TPSA) is 54.6 Å². The predicted octanol–water partition coefficient (Wildman–Crippen LogP) is 3.73. The van der Waals surface area contributed by atoms with Crippen molar-refractivity contribution in [1.82, 2.24) is 15.0 Å². The number of benzene rings is 1. The van der Waals surface area contributed by atoms with Gasteiger partial charge in [0.2, 0.25) is 0 Å². The number of piperazine rings is 1. The number of aromatic nitrogens is 2. The largest absolute Gasteiger partial charge is 0.489 e. The monoisotopic (exact) mass is 396 g/mol. The summed E-state index contributed by atoms with van der Waals surface area (Å²) in [6.45, 7) is 8.84. The van der Waals surface area contributed by atoms with E-state index in [9.17, 15) is 4.39 Å². The first-order valence-electron chi connectivity index (χ1n) is 9.81. The van der Waals surface area contributed by atoms with Crippen LogP contribution in [0.4, 0.5) is 10.2 Å². The van der Waals surface area contributed by atoms with E-state index < -0.39 is 0 Å². The summed E-state index contributed by atoms with van der Waals surface area (Å²) in [7, 11) is 0. The molecule has 0 amide bonds. The Bertz CT molecular complexity index is 913. The van der Waals surface area contributed by atoms with E-state index in [0.29, 0.717) is 6.61 Å². The van der Waals surface area contributed by atoms with Gasteiger partial charge in [0.05, 0.1) is 17.5 Å². The van der Waals surface area contributed by atoms with Gasteiger partial charge in [-0.25, -0.2) is 9.37 Å². The van der Waals surface area contributed by atoms with Crippen LogP contribution in [0.5, 0.6) is 5.75 Å². The molecular weight excluding hydrogens is 371 g/mol.